The quantitative estimate of drug-likeness (QED) is 0.593. The molecule has 60 valence electrons. The van der Waals surface area contributed by atoms with E-state index < -0.39 is 0 Å². The molecule has 0 saturated heterocycles. The van der Waals surface area contributed by atoms with E-state index in [9.17, 15) is 4.79 Å². The molecule has 0 aromatic carbocycles. The molecule has 0 amide bonds. The first kappa shape index (κ1) is 9.90. The van der Waals surface area contributed by atoms with Gasteiger partial charge in [-0.05, 0) is 5.92 Å². The molecule has 0 rings (SSSR count). The molecular formula is C7H15O2P. The minimum atomic E-state index is -0.139. The van der Waals surface area contributed by atoms with Gasteiger partial charge in [0, 0.05) is 0 Å². The number of hydrogen-bond acceptors (Lipinski definition) is 2. The molecule has 0 aliphatic heterocycles. The van der Waals surface area contributed by atoms with Crippen molar-refractivity contribution in [3.05, 3.63) is 0 Å². The van der Waals surface area contributed by atoms with Gasteiger partial charge < -0.3 is 4.52 Å². The van der Waals surface area contributed by atoms with Crippen LogP contribution in [-0.4, -0.2) is 5.97 Å². The van der Waals surface area contributed by atoms with E-state index in [0.717, 1.165) is 6.42 Å². The Morgan fingerprint density at radius 3 is 2.40 bits per heavy atom. The van der Waals surface area contributed by atoms with Gasteiger partial charge in [-0.1, -0.05) is 27.2 Å². The minimum absolute atomic E-state index is 0.0162. The lowest BCUT2D eigenvalue weighted by atomic mass is 9.94. The first-order valence-electron chi connectivity index (χ1n) is 3.54. The van der Waals surface area contributed by atoms with Gasteiger partial charge in [0.1, 0.15) is 0 Å². The topological polar surface area (TPSA) is 26.3 Å². The van der Waals surface area contributed by atoms with E-state index in [4.69, 9.17) is 0 Å². The minimum Gasteiger partial charge on any atom is -0.451 e. The summed E-state index contributed by atoms with van der Waals surface area (Å²) in [7, 11) is 1.98. The summed E-state index contributed by atoms with van der Waals surface area (Å²) in [5.74, 6) is 0.287. The van der Waals surface area contributed by atoms with Crippen molar-refractivity contribution in [1.29, 1.82) is 0 Å². The highest BCUT2D eigenvalue weighted by molar-refractivity contribution is 7.10. The average molecular weight is 162 g/mol. The molecule has 0 N–H and O–H groups in total. The molecule has 0 aromatic heterocycles. The maximum absolute atomic E-state index is 10.9. The molecule has 0 bridgehead atoms. The lowest BCUT2D eigenvalue weighted by molar-refractivity contribution is -0.138. The van der Waals surface area contributed by atoms with Crippen LogP contribution in [0.1, 0.15) is 27.2 Å². The lowest BCUT2D eigenvalue weighted by Crippen LogP contribution is -2.17. The molecule has 3 heteroatoms. The molecule has 0 radical (unpaired) electrons. The van der Waals surface area contributed by atoms with Crippen molar-refractivity contribution in [2.24, 2.45) is 11.8 Å². The Morgan fingerprint density at radius 2 is 2.10 bits per heavy atom. The van der Waals surface area contributed by atoms with Gasteiger partial charge >= 0.3 is 5.97 Å². The van der Waals surface area contributed by atoms with Crippen molar-refractivity contribution >= 4 is 15.4 Å². The standard InChI is InChI=1S/C7H15O2P/c1-4-5(2)6(3)7(8)9-10/h5-6H,4,10H2,1-3H3. The van der Waals surface area contributed by atoms with E-state index in [1.807, 2.05) is 23.3 Å². The fourth-order valence-corrected chi connectivity index (χ4v) is 0.908. The maximum atomic E-state index is 10.9. The largest absolute Gasteiger partial charge is 0.451 e. The van der Waals surface area contributed by atoms with Crippen LogP contribution in [-0.2, 0) is 9.32 Å². The summed E-state index contributed by atoms with van der Waals surface area (Å²) in [6.07, 6.45) is 1.01. The fraction of sp³-hybridized carbons (Fsp3) is 0.857. The van der Waals surface area contributed by atoms with Gasteiger partial charge in [0.2, 0.25) is 0 Å². The van der Waals surface area contributed by atoms with Crippen molar-refractivity contribution in [2.75, 3.05) is 0 Å². The summed E-state index contributed by atoms with van der Waals surface area (Å²) >= 11 is 0. The van der Waals surface area contributed by atoms with E-state index in [1.54, 1.807) is 0 Å². The molecule has 3 unspecified atom stereocenters. The molecule has 2 nitrogen and oxygen atoms in total. The van der Waals surface area contributed by atoms with E-state index >= 15 is 0 Å². The van der Waals surface area contributed by atoms with Crippen LogP contribution in [0.15, 0.2) is 0 Å². The van der Waals surface area contributed by atoms with Gasteiger partial charge in [0.15, 0.2) is 0 Å². The van der Waals surface area contributed by atoms with Crippen molar-refractivity contribution in [3.8, 4) is 0 Å². The summed E-state index contributed by atoms with van der Waals surface area (Å²) in [6, 6.07) is 0. The Kier molecular flexibility index (Phi) is 4.63. The van der Waals surface area contributed by atoms with Crippen LogP contribution in [0.2, 0.25) is 0 Å². The van der Waals surface area contributed by atoms with Crippen LogP contribution in [0.4, 0.5) is 0 Å². The zero-order chi connectivity index (χ0) is 8.15. The fourth-order valence-electron chi connectivity index (χ4n) is 0.693. The third-order valence-electron chi connectivity index (χ3n) is 1.99. The molecule has 0 spiro atoms. The predicted molar refractivity (Wildman–Crippen MR) is 44.4 cm³/mol. The molecule has 0 saturated carbocycles. The molecule has 0 aromatic rings. The molecule has 0 fully saturated rings. The second kappa shape index (κ2) is 4.68. The van der Waals surface area contributed by atoms with E-state index in [-0.39, 0.29) is 11.9 Å². The summed E-state index contributed by atoms with van der Waals surface area (Å²) in [6.45, 7) is 6.00. The van der Waals surface area contributed by atoms with E-state index in [2.05, 4.69) is 11.4 Å². The van der Waals surface area contributed by atoms with Crippen molar-refractivity contribution < 1.29 is 9.32 Å². The maximum Gasteiger partial charge on any atom is 0.311 e. The lowest BCUT2D eigenvalue weighted by Gasteiger charge is -2.14. The van der Waals surface area contributed by atoms with Crippen LogP contribution >= 0.6 is 9.47 Å². The highest BCUT2D eigenvalue weighted by atomic mass is 31.0. The van der Waals surface area contributed by atoms with Crippen LogP contribution in [0, 0.1) is 11.8 Å². The Bertz CT molecular complexity index is 114. The van der Waals surface area contributed by atoms with Crippen LogP contribution in [0.25, 0.3) is 0 Å². The zero-order valence-electron chi connectivity index (χ0n) is 6.76. The summed E-state index contributed by atoms with van der Waals surface area (Å²) < 4.78 is 4.51. The Hall–Kier alpha value is -0.100. The van der Waals surface area contributed by atoms with Crippen LogP contribution in [0.5, 0.6) is 0 Å². The number of carbonyl (C=O) groups excluding carboxylic acids is 1. The molecular weight excluding hydrogens is 147 g/mol. The van der Waals surface area contributed by atoms with Gasteiger partial charge in [-0.25, -0.2) is 0 Å². The normalized spacial score (nSPS) is 16.0. The third kappa shape index (κ3) is 2.66. The molecule has 0 heterocycles. The highest BCUT2D eigenvalue weighted by Crippen LogP contribution is 2.16. The van der Waals surface area contributed by atoms with Crippen molar-refractivity contribution in [1.82, 2.24) is 0 Å². The first-order chi connectivity index (χ1) is 4.63. The van der Waals surface area contributed by atoms with Gasteiger partial charge in [-0.2, -0.15) is 0 Å². The van der Waals surface area contributed by atoms with Crippen LogP contribution in [0.3, 0.4) is 0 Å². The number of rotatable bonds is 3. The van der Waals surface area contributed by atoms with Crippen molar-refractivity contribution in [3.63, 3.8) is 0 Å². The van der Waals surface area contributed by atoms with E-state index in [1.165, 1.54) is 0 Å². The second-order valence-electron chi connectivity index (χ2n) is 2.61. The van der Waals surface area contributed by atoms with Crippen LogP contribution < -0.4 is 0 Å². The number of hydrogen-bond donors (Lipinski definition) is 0. The molecule has 0 aliphatic carbocycles. The third-order valence-corrected chi connectivity index (χ3v) is 2.22. The predicted octanol–water partition coefficient (Wildman–Crippen LogP) is 2.00. The Labute approximate surface area is 64.6 Å². The van der Waals surface area contributed by atoms with E-state index in [0.29, 0.717) is 5.92 Å². The average Bonchev–Trinajstić information content (AvgIpc) is 2.00. The van der Waals surface area contributed by atoms with Gasteiger partial charge in [-0.15, -0.1) is 0 Å². The smallest absolute Gasteiger partial charge is 0.311 e. The SMILES string of the molecule is CCC(C)C(C)C(=O)OP. The monoisotopic (exact) mass is 162 g/mol. The van der Waals surface area contributed by atoms with Gasteiger partial charge in [0.05, 0.1) is 15.4 Å². The summed E-state index contributed by atoms with van der Waals surface area (Å²) in [4.78, 5) is 10.9. The Balaban J connectivity index is 3.81. The molecule has 3 atom stereocenters. The Morgan fingerprint density at radius 1 is 1.60 bits per heavy atom. The summed E-state index contributed by atoms with van der Waals surface area (Å²) in [5, 5.41) is 0. The molecule has 0 aliphatic rings. The number of carbonyl (C=O) groups is 1. The van der Waals surface area contributed by atoms with Crippen molar-refractivity contribution in [2.45, 2.75) is 27.2 Å². The highest BCUT2D eigenvalue weighted by Gasteiger charge is 2.18. The van der Waals surface area contributed by atoms with Gasteiger partial charge in [-0.3, -0.25) is 4.79 Å². The second-order valence-corrected chi connectivity index (χ2v) is 2.85. The summed E-state index contributed by atoms with van der Waals surface area (Å²) in [5.41, 5.74) is 0. The zero-order valence-corrected chi connectivity index (χ0v) is 7.91. The van der Waals surface area contributed by atoms with Gasteiger partial charge in [0.25, 0.3) is 0 Å². The molecule has 10 heavy (non-hydrogen) atoms. The first-order valence-corrected chi connectivity index (χ1v) is 4.01.